The van der Waals surface area contributed by atoms with Crippen LogP contribution in [0.3, 0.4) is 0 Å². The van der Waals surface area contributed by atoms with Crippen molar-refractivity contribution in [3.8, 4) is 0 Å². The van der Waals surface area contributed by atoms with Gasteiger partial charge in [0.25, 0.3) is 5.78 Å². The van der Waals surface area contributed by atoms with E-state index in [9.17, 15) is 4.79 Å². The van der Waals surface area contributed by atoms with Gasteiger partial charge in [-0.2, -0.15) is 0 Å². The van der Waals surface area contributed by atoms with Gasteiger partial charge in [-0.25, -0.2) is 0 Å². The second-order valence-electron chi connectivity index (χ2n) is 1.69. The van der Waals surface area contributed by atoms with Gasteiger partial charge >= 0.3 is 0 Å². The molecule has 0 N–H and O–H groups in total. The molecule has 7 nitrogen and oxygen atoms in total. The number of nitrogens with zero attached hydrogens (tertiary/aromatic N) is 6. The van der Waals surface area contributed by atoms with E-state index in [2.05, 4.69) is 27.9 Å². The molecule has 0 unspecified atom stereocenters. The van der Waals surface area contributed by atoms with E-state index in [0.717, 1.165) is 23.5 Å². The largest absolute Gasteiger partial charge is 0.281 e. The molecule has 0 saturated carbocycles. The molecular weight excluding hydrogens is 200 g/mol. The average Bonchev–Trinajstić information content (AvgIpc) is 2.77. The zero-order chi connectivity index (χ0) is 8.39. The smallest absolute Gasteiger partial charge is 0.273 e. The molecule has 0 aliphatic rings. The van der Waals surface area contributed by atoms with Gasteiger partial charge < -0.3 is 0 Å². The second kappa shape index (κ2) is 2.95. The summed E-state index contributed by atoms with van der Waals surface area (Å²) < 4.78 is 14.2. The minimum absolute atomic E-state index is 0.0141. The molecule has 0 amide bonds. The van der Waals surface area contributed by atoms with E-state index >= 15 is 0 Å². The predicted molar refractivity (Wildman–Crippen MR) is 38.8 cm³/mol. The molecule has 12 heavy (non-hydrogen) atoms. The maximum absolute atomic E-state index is 11.3. The molecule has 0 aliphatic heterocycles. The highest BCUT2D eigenvalue weighted by molar-refractivity contribution is 6.99. The molecule has 0 aliphatic carbocycles. The van der Waals surface area contributed by atoms with Crippen LogP contribution in [0, 0.1) is 0 Å². The van der Waals surface area contributed by atoms with Crippen molar-refractivity contribution in [2.75, 3.05) is 0 Å². The van der Waals surface area contributed by atoms with Crippen molar-refractivity contribution in [3.63, 3.8) is 0 Å². The van der Waals surface area contributed by atoms with Gasteiger partial charge in [0.1, 0.15) is 0 Å². The Labute approximate surface area is 74.1 Å². The second-order valence-corrected chi connectivity index (χ2v) is 2.70. The minimum Gasteiger partial charge on any atom is -0.281 e. The van der Waals surface area contributed by atoms with Crippen molar-refractivity contribution in [3.05, 3.63) is 11.6 Å². The number of rotatable bonds is 2. The van der Waals surface area contributed by atoms with Crippen molar-refractivity contribution < 1.29 is 4.79 Å². The van der Waals surface area contributed by atoms with Crippen LogP contribution < -0.4 is 0 Å². The topological polar surface area (TPSA) is 94.4 Å². The zero-order valence-electron chi connectivity index (χ0n) is 5.41. The monoisotopic (exact) mass is 200 g/mol. The number of aromatic nitrogens is 6. The van der Waals surface area contributed by atoms with E-state index in [0.29, 0.717) is 0 Å². The molecule has 0 bridgehead atoms. The quantitative estimate of drug-likeness (QED) is 0.598. The van der Waals surface area contributed by atoms with Crippen LogP contribution in [0.2, 0.25) is 0 Å². The van der Waals surface area contributed by atoms with Crippen LogP contribution in [-0.2, 0) is 0 Å². The fourth-order valence-corrected chi connectivity index (χ4v) is 1.23. The molecule has 2 aromatic heterocycles. The molecule has 0 fully saturated rings. The number of carbonyl (C=O) groups is 1. The van der Waals surface area contributed by atoms with Crippen molar-refractivity contribution >= 4 is 29.2 Å². The third kappa shape index (κ3) is 1.19. The summed E-state index contributed by atoms with van der Waals surface area (Å²) in [5.74, 6) is -0.419. The maximum Gasteiger partial charge on any atom is 0.273 e. The van der Waals surface area contributed by atoms with Gasteiger partial charge in [0.05, 0.1) is 23.5 Å². The first-order valence-electron chi connectivity index (χ1n) is 2.73. The van der Waals surface area contributed by atoms with E-state index in [1.807, 2.05) is 0 Å². The van der Waals surface area contributed by atoms with Gasteiger partial charge in [-0.15, -0.1) is 18.9 Å². The first-order chi connectivity index (χ1) is 5.88. The Morgan fingerprint density at radius 1 is 1.00 bits per heavy atom. The number of carbonyl (C=O) groups excluding carboxylic acids is 1. The lowest BCUT2D eigenvalue weighted by atomic mass is 10.4. The molecule has 0 spiro atoms. The highest BCUT2D eigenvalue weighted by atomic mass is 32.1. The lowest BCUT2D eigenvalue weighted by Gasteiger charge is -1.82. The normalized spacial score (nSPS) is 10.0. The highest BCUT2D eigenvalue weighted by Crippen LogP contribution is 1.99. The summed E-state index contributed by atoms with van der Waals surface area (Å²) in [6.07, 6.45) is 0. The zero-order valence-corrected chi connectivity index (χ0v) is 7.04. The molecular formula is C3N6OS2. The van der Waals surface area contributed by atoms with E-state index in [1.54, 1.807) is 0 Å². The summed E-state index contributed by atoms with van der Waals surface area (Å²) in [5, 5.41) is 6.95. The van der Waals surface area contributed by atoms with Crippen LogP contribution in [0.25, 0.3) is 0 Å². The summed E-state index contributed by atoms with van der Waals surface area (Å²) >= 11 is 1.72. The first kappa shape index (κ1) is 7.31. The minimum atomic E-state index is -0.447. The van der Waals surface area contributed by atoms with Crippen LogP contribution in [0.15, 0.2) is 0 Å². The van der Waals surface area contributed by atoms with E-state index in [-0.39, 0.29) is 11.6 Å². The van der Waals surface area contributed by atoms with Crippen molar-refractivity contribution in [2.45, 2.75) is 0 Å². The molecule has 0 radical (unpaired) electrons. The van der Waals surface area contributed by atoms with Gasteiger partial charge in [-0.05, 0) is 0 Å². The Kier molecular flexibility index (Phi) is 1.80. The molecule has 2 heterocycles. The summed E-state index contributed by atoms with van der Waals surface area (Å²) in [7, 11) is 0. The van der Waals surface area contributed by atoms with Crippen molar-refractivity contribution in [1.29, 1.82) is 0 Å². The summed E-state index contributed by atoms with van der Waals surface area (Å²) in [4.78, 5) is 11.3. The standard InChI is InChI=1S/C3N6OS2/c10-1(2-4-8-11-6-2)3-5-9-12-7-3. The average molecular weight is 200 g/mol. The van der Waals surface area contributed by atoms with E-state index < -0.39 is 5.78 Å². The highest BCUT2D eigenvalue weighted by Gasteiger charge is 2.17. The molecule has 2 aromatic rings. The van der Waals surface area contributed by atoms with Crippen molar-refractivity contribution in [2.24, 2.45) is 0 Å². The van der Waals surface area contributed by atoms with E-state index in [4.69, 9.17) is 0 Å². The lowest BCUT2D eigenvalue weighted by Crippen LogP contribution is -2.05. The Balaban J connectivity index is 2.34. The van der Waals surface area contributed by atoms with Crippen LogP contribution in [-0.4, -0.2) is 33.7 Å². The molecule has 0 atom stereocenters. The third-order valence-electron chi connectivity index (χ3n) is 1.00. The molecule has 0 aromatic carbocycles. The number of hydrogen-bond donors (Lipinski definition) is 0. The van der Waals surface area contributed by atoms with Gasteiger partial charge in [0.15, 0.2) is 0 Å². The first-order valence-corrected chi connectivity index (χ1v) is 4.19. The predicted octanol–water partition coefficient (Wildman–Crippen LogP) is -0.589. The van der Waals surface area contributed by atoms with Crippen LogP contribution in [0.1, 0.15) is 16.4 Å². The van der Waals surface area contributed by atoms with Crippen LogP contribution in [0.4, 0.5) is 0 Å². The van der Waals surface area contributed by atoms with E-state index in [1.165, 1.54) is 0 Å². The fraction of sp³-hybridized carbons (Fsp3) is 0. The molecule has 2 rings (SSSR count). The SMILES string of the molecule is O=C(c1nnsn1)c1nnsn1. The van der Waals surface area contributed by atoms with Gasteiger partial charge in [-0.3, -0.25) is 4.79 Å². The summed E-state index contributed by atoms with van der Waals surface area (Å²) in [6.45, 7) is 0. The number of ketones is 1. The van der Waals surface area contributed by atoms with Crippen molar-refractivity contribution in [1.82, 2.24) is 27.9 Å². The Morgan fingerprint density at radius 3 is 1.83 bits per heavy atom. The Morgan fingerprint density at radius 2 is 1.50 bits per heavy atom. The number of hydrogen-bond acceptors (Lipinski definition) is 9. The Hall–Kier alpha value is -1.35. The van der Waals surface area contributed by atoms with Crippen LogP contribution in [0.5, 0.6) is 0 Å². The Bertz CT molecular complexity index is 331. The summed E-state index contributed by atoms with van der Waals surface area (Å²) in [6, 6.07) is 0. The van der Waals surface area contributed by atoms with Crippen LogP contribution >= 0.6 is 23.5 Å². The third-order valence-corrected chi connectivity index (χ3v) is 1.82. The molecule has 9 heteroatoms. The molecule has 60 valence electrons. The molecule has 0 saturated heterocycles. The van der Waals surface area contributed by atoms with Gasteiger partial charge in [-0.1, -0.05) is 8.98 Å². The maximum atomic E-state index is 11.3. The fourth-order valence-electron chi connectivity index (χ4n) is 0.538. The lowest BCUT2D eigenvalue weighted by molar-refractivity contribution is 0.102. The summed E-state index contributed by atoms with van der Waals surface area (Å²) in [5.41, 5.74) is 0. The van der Waals surface area contributed by atoms with Gasteiger partial charge in [0.2, 0.25) is 11.6 Å². The van der Waals surface area contributed by atoms with Gasteiger partial charge in [0, 0.05) is 0 Å².